The Bertz CT molecular complexity index is 641. The van der Waals surface area contributed by atoms with Crippen LogP contribution in [0.1, 0.15) is 18.0 Å². The van der Waals surface area contributed by atoms with Crippen LogP contribution in [-0.4, -0.2) is 40.0 Å². The number of rotatable bonds is 5. The average Bonchev–Trinajstić information content (AvgIpc) is 3.12. The average molecular weight is 300 g/mol. The third-order valence-electron chi connectivity index (χ3n) is 4.00. The molecular weight excluding hydrogens is 280 g/mol. The first-order valence-electron chi connectivity index (χ1n) is 7.41. The minimum absolute atomic E-state index is 0.0300. The van der Waals surface area contributed by atoms with Crippen LogP contribution >= 0.6 is 0 Å². The largest absolute Gasteiger partial charge is 0.394 e. The van der Waals surface area contributed by atoms with Crippen molar-refractivity contribution in [1.82, 2.24) is 15.1 Å². The second-order valence-electron chi connectivity index (χ2n) is 5.52. The van der Waals surface area contributed by atoms with Crippen LogP contribution in [0.5, 0.6) is 0 Å². The van der Waals surface area contributed by atoms with Gasteiger partial charge in [-0.3, -0.25) is 14.8 Å². The molecule has 2 unspecified atom stereocenters. The van der Waals surface area contributed by atoms with Gasteiger partial charge in [0.1, 0.15) is 0 Å². The van der Waals surface area contributed by atoms with Crippen molar-refractivity contribution in [2.75, 3.05) is 18.1 Å². The Hall–Kier alpha value is -2.18. The van der Waals surface area contributed by atoms with E-state index in [0.29, 0.717) is 6.54 Å². The Morgan fingerprint density at radius 3 is 2.82 bits per heavy atom. The van der Waals surface area contributed by atoms with E-state index in [0.717, 1.165) is 17.7 Å². The fourth-order valence-electron chi connectivity index (χ4n) is 2.82. The summed E-state index contributed by atoms with van der Waals surface area (Å²) in [5, 5.41) is 17.0. The number of aliphatic hydroxyl groups excluding tert-OH is 1. The molecule has 0 radical (unpaired) electrons. The van der Waals surface area contributed by atoms with E-state index in [4.69, 9.17) is 0 Å². The number of hydrogen-bond donors (Lipinski definition) is 2. The molecule has 1 aliphatic rings. The molecule has 2 heterocycles. The standard InChI is InChI=1S/C16H20N4O2/c1-19-10-13(9-17-19)20-8-7-14(16(20)22)18-15(11-21)12-5-3-2-4-6-12/h2-6,9-10,14-15,18,21H,7-8,11H2,1H3. The maximum atomic E-state index is 12.5. The highest BCUT2D eigenvalue weighted by molar-refractivity contribution is 5.99. The van der Waals surface area contributed by atoms with Gasteiger partial charge in [0.25, 0.3) is 0 Å². The first kappa shape index (κ1) is 14.7. The van der Waals surface area contributed by atoms with Crippen LogP contribution in [0.25, 0.3) is 0 Å². The second kappa shape index (κ2) is 6.29. The fraction of sp³-hybridized carbons (Fsp3) is 0.375. The monoisotopic (exact) mass is 300 g/mol. The molecule has 6 heteroatoms. The van der Waals surface area contributed by atoms with Gasteiger partial charge in [0.15, 0.2) is 0 Å². The van der Waals surface area contributed by atoms with Gasteiger partial charge in [-0.1, -0.05) is 30.3 Å². The molecule has 0 saturated carbocycles. The van der Waals surface area contributed by atoms with Gasteiger partial charge in [0, 0.05) is 19.8 Å². The normalized spacial score (nSPS) is 19.6. The summed E-state index contributed by atoms with van der Waals surface area (Å²) in [6.07, 6.45) is 4.25. The number of carbonyl (C=O) groups is 1. The van der Waals surface area contributed by atoms with Crippen molar-refractivity contribution in [3.8, 4) is 0 Å². The van der Waals surface area contributed by atoms with E-state index in [1.165, 1.54) is 0 Å². The molecule has 0 aliphatic carbocycles. The van der Waals surface area contributed by atoms with Crippen LogP contribution in [0.4, 0.5) is 5.69 Å². The Morgan fingerprint density at radius 2 is 2.18 bits per heavy atom. The molecule has 0 spiro atoms. The number of amides is 1. The van der Waals surface area contributed by atoms with Gasteiger partial charge >= 0.3 is 0 Å². The van der Waals surface area contributed by atoms with Gasteiger partial charge in [-0.25, -0.2) is 0 Å². The van der Waals surface area contributed by atoms with E-state index >= 15 is 0 Å². The molecule has 2 N–H and O–H groups in total. The van der Waals surface area contributed by atoms with Crippen molar-refractivity contribution in [2.45, 2.75) is 18.5 Å². The third-order valence-corrected chi connectivity index (χ3v) is 4.00. The van der Waals surface area contributed by atoms with Gasteiger partial charge < -0.3 is 10.0 Å². The maximum Gasteiger partial charge on any atom is 0.244 e. The zero-order valence-electron chi connectivity index (χ0n) is 12.5. The smallest absolute Gasteiger partial charge is 0.244 e. The molecule has 22 heavy (non-hydrogen) atoms. The van der Waals surface area contributed by atoms with Crippen molar-refractivity contribution >= 4 is 11.6 Å². The summed E-state index contributed by atoms with van der Waals surface area (Å²) in [5.41, 5.74) is 1.80. The summed E-state index contributed by atoms with van der Waals surface area (Å²) >= 11 is 0. The highest BCUT2D eigenvalue weighted by atomic mass is 16.3. The zero-order valence-corrected chi connectivity index (χ0v) is 12.5. The predicted octanol–water partition coefficient (Wildman–Crippen LogP) is 0.849. The number of carbonyl (C=O) groups excluding carboxylic acids is 1. The van der Waals surface area contributed by atoms with Gasteiger partial charge in [-0.05, 0) is 12.0 Å². The molecule has 1 aliphatic heterocycles. The molecule has 1 saturated heterocycles. The van der Waals surface area contributed by atoms with Crippen LogP contribution in [0, 0.1) is 0 Å². The summed E-state index contributed by atoms with van der Waals surface area (Å²) in [6, 6.07) is 9.18. The van der Waals surface area contributed by atoms with Crippen molar-refractivity contribution in [3.63, 3.8) is 0 Å². The molecule has 1 fully saturated rings. The number of benzene rings is 1. The van der Waals surface area contributed by atoms with Crippen molar-refractivity contribution in [1.29, 1.82) is 0 Å². The molecular formula is C16H20N4O2. The molecule has 2 aromatic rings. The van der Waals surface area contributed by atoms with E-state index in [1.54, 1.807) is 15.8 Å². The molecule has 2 atom stereocenters. The van der Waals surface area contributed by atoms with Gasteiger partial charge in [-0.15, -0.1) is 0 Å². The third kappa shape index (κ3) is 2.88. The molecule has 1 aromatic heterocycles. The van der Waals surface area contributed by atoms with E-state index < -0.39 is 0 Å². The highest BCUT2D eigenvalue weighted by Crippen LogP contribution is 2.23. The van der Waals surface area contributed by atoms with E-state index in [-0.39, 0.29) is 24.6 Å². The summed E-state index contributed by atoms with van der Waals surface area (Å²) in [6.45, 7) is 0.621. The minimum atomic E-state index is -0.280. The number of aliphatic hydroxyl groups is 1. The molecule has 6 nitrogen and oxygen atoms in total. The van der Waals surface area contributed by atoms with Gasteiger partial charge in [0.2, 0.25) is 5.91 Å². The zero-order chi connectivity index (χ0) is 15.5. The van der Waals surface area contributed by atoms with Gasteiger partial charge in [0.05, 0.1) is 30.6 Å². The summed E-state index contributed by atoms with van der Waals surface area (Å²) in [5.74, 6) is 0.0300. The first-order valence-corrected chi connectivity index (χ1v) is 7.41. The van der Waals surface area contributed by atoms with E-state index in [9.17, 15) is 9.90 Å². The first-order chi connectivity index (χ1) is 10.7. The number of aryl methyl sites for hydroxylation is 1. The fourth-order valence-corrected chi connectivity index (χ4v) is 2.82. The van der Waals surface area contributed by atoms with Crippen LogP contribution in [0.2, 0.25) is 0 Å². The topological polar surface area (TPSA) is 70.4 Å². The molecule has 1 aromatic carbocycles. The van der Waals surface area contributed by atoms with Crippen molar-refractivity contribution < 1.29 is 9.90 Å². The molecule has 116 valence electrons. The summed E-state index contributed by atoms with van der Waals surface area (Å²) in [4.78, 5) is 14.3. The Balaban J connectivity index is 1.70. The van der Waals surface area contributed by atoms with E-state index in [2.05, 4.69) is 10.4 Å². The number of anilines is 1. The maximum absolute atomic E-state index is 12.5. The van der Waals surface area contributed by atoms with E-state index in [1.807, 2.05) is 43.6 Å². The van der Waals surface area contributed by atoms with Crippen molar-refractivity contribution in [3.05, 3.63) is 48.3 Å². The molecule has 3 rings (SSSR count). The quantitative estimate of drug-likeness (QED) is 0.859. The van der Waals surface area contributed by atoms with Crippen LogP contribution < -0.4 is 10.2 Å². The number of nitrogens with one attached hydrogen (secondary N) is 1. The molecule has 0 bridgehead atoms. The lowest BCUT2D eigenvalue weighted by atomic mass is 10.1. The number of hydrogen-bond acceptors (Lipinski definition) is 4. The summed E-state index contributed by atoms with van der Waals surface area (Å²) in [7, 11) is 1.83. The van der Waals surface area contributed by atoms with Crippen LogP contribution in [0.15, 0.2) is 42.7 Å². The van der Waals surface area contributed by atoms with Crippen LogP contribution in [0.3, 0.4) is 0 Å². The Morgan fingerprint density at radius 1 is 1.41 bits per heavy atom. The number of nitrogens with zero attached hydrogens (tertiary/aromatic N) is 3. The highest BCUT2D eigenvalue weighted by Gasteiger charge is 2.34. The van der Waals surface area contributed by atoms with Gasteiger partial charge in [-0.2, -0.15) is 5.10 Å². The van der Waals surface area contributed by atoms with Crippen LogP contribution in [-0.2, 0) is 11.8 Å². The lowest BCUT2D eigenvalue weighted by molar-refractivity contribution is -0.119. The molecule has 1 amide bonds. The lowest BCUT2D eigenvalue weighted by Gasteiger charge is -2.21. The van der Waals surface area contributed by atoms with Crippen molar-refractivity contribution in [2.24, 2.45) is 7.05 Å². The lowest BCUT2D eigenvalue weighted by Crippen LogP contribution is -2.41. The predicted molar refractivity (Wildman–Crippen MR) is 83.4 cm³/mol. The Labute approximate surface area is 129 Å². The summed E-state index contributed by atoms with van der Waals surface area (Å²) < 4.78 is 1.68. The minimum Gasteiger partial charge on any atom is -0.394 e. The second-order valence-corrected chi connectivity index (χ2v) is 5.52. The number of aromatic nitrogens is 2. The Kier molecular flexibility index (Phi) is 4.22. The SMILES string of the molecule is Cn1cc(N2CCC(NC(CO)c3ccccc3)C2=O)cn1.